The first kappa shape index (κ1) is 13.7. The third-order valence-corrected chi connectivity index (χ3v) is 4.06. The van der Waals surface area contributed by atoms with Crippen molar-refractivity contribution in [3.05, 3.63) is 24.3 Å². The van der Waals surface area contributed by atoms with Crippen LogP contribution in [0.2, 0.25) is 0 Å². The normalized spacial score (nSPS) is 26.8. The van der Waals surface area contributed by atoms with Gasteiger partial charge in [-0.05, 0) is 31.9 Å². The number of hydrogen-bond acceptors (Lipinski definition) is 4. The van der Waals surface area contributed by atoms with Gasteiger partial charge in [0, 0.05) is 37.9 Å². The molecule has 0 aromatic heterocycles. The lowest BCUT2D eigenvalue weighted by Gasteiger charge is -2.29. The SMILES string of the molecule is CC1CCC(COc2cccc(N3CCNCC3)c2)O1. The van der Waals surface area contributed by atoms with E-state index in [1.165, 1.54) is 5.69 Å². The Kier molecular flexibility index (Phi) is 4.43. The molecule has 2 saturated heterocycles. The van der Waals surface area contributed by atoms with E-state index >= 15 is 0 Å². The second-order valence-corrected chi connectivity index (χ2v) is 5.69. The van der Waals surface area contributed by atoms with Gasteiger partial charge < -0.3 is 19.7 Å². The van der Waals surface area contributed by atoms with Crippen molar-refractivity contribution < 1.29 is 9.47 Å². The van der Waals surface area contributed by atoms with Gasteiger partial charge in [-0.15, -0.1) is 0 Å². The Bertz CT molecular complexity index is 432. The fourth-order valence-electron chi connectivity index (χ4n) is 2.89. The first-order valence-electron chi connectivity index (χ1n) is 7.65. The summed E-state index contributed by atoms with van der Waals surface area (Å²) in [5, 5.41) is 3.38. The smallest absolute Gasteiger partial charge is 0.121 e. The summed E-state index contributed by atoms with van der Waals surface area (Å²) in [5.41, 5.74) is 1.25. The molecule has 1 aromatic carbocycles. The van der Waals surface area contributed by atoms with Gasteiger partial charge in [0.1, 0.15) is 12.4 Å². The van der Waals surface area contributed by atoms with Crippen LogP contribution in [0, 0.1) is 0 Å². The van der Waals surface area contributed by atoms with Crippen molar-refractivity contribution in [2.45, 2.75) is 32.0 Å². The molecule has 0 aliphatic carbocycles. The molecule has 2 atom stereocenters. The van der Waals surface area contributed by atoms with Crippen molar-refractivity contribution in [2.24, 2.45) is 0 Å². The molecule has 20 heavy (non-hydrogen) atoms. The lowest BCUT2D eigenvalue weighted by molar-refractivity contribution is 0.0265. The minimum atomic E-state index is 0.257. The van der Waals surface area contributed by atoms with Gasteiger partial charge in [-0.1, -0.05) is 6.07 Å². The Morgan fingerprint density at radius 1 is 1.30 bits per heavy atom. The van der Waals surface area contributed by atoms with Crippen LogP contribution >= 0.6 is 0 Å². The molecule has 110 valence electrons. The van der Waals surface area contributed by atoms with Crippen LogP contribution in [0.15, 0.2) is 24.3 Å². The molecule has 2 fully saturated rings. The summed E-state index contributed by atoms with van der Waals surface area (Å²) in [6.07, 6.45) is 2.90. The van der Waals surface area contributed by atoms with Crippen molar-refractivity contribution in [2.75, 3.05) is 37.7 Å². The Morgan fingerprint density at radius 3 is 2.90 bits per heavy atom. The van der Waals surface area contributed by atoms with Gasteiger partial charge in [-0.25, -0.2) is 0 Å². The van der Waals surface area contributed by atoms with E-state index in [1.807, 2.05) is 6.07 Å². The molecule has 0 spiro atoms. The van der Waals surface area contributed by atoms with E-state index < -0.39 is 0 Å². The molecule has 2 heterocycles. The topological polar surface area (TPSA) is 33.7 Å². The van der Waals surface area contributed by atoms with Crippen molar-refractivity contribution in [3.8, 4) is 5.75 Å². The Morgan fingerprint density at radius 2 is 2.15 bits per heavy atom. The van der Waals surface area contributed by atoms with Gasteiger partial charge >= 0.3 is 0 Å². The fourth-order valence-corrected chi connectivity index (χ4v) is 2.89. The van der Waals surface area contributed by atoms with E-state index in [0.717, 1.165) is 44.8 Å². The van der Waals surface area contributed by atoms with Crippen LogP contribution in [-0.4, -0.2) is 45.0 Å². The number of anilines is 1. The predicted octanol–water partition coefficient (Wildman–Crippen LogP) is 2.04. The zero-order valence-corrected chi connectivity index (χ0v) is 12.2. The lowest BCUT2D eigenvalue weighted by Crippen LogP contribution is -2.43. The number of nitrogens with one attached hydrogen (secondary N) is 1. The Hall–Kier alpha value is -1.26. The highest BCUT2D eigenvalue weighted by Crippen LogP contribution is 2.24. The number of ether oxygens (including phenoxy) is 2. The van der Waals surface area contributed by atoms with Gasteiger partial charge in [0.05, 0.1) is 12.2 Å². The quantitative estimate of drug-likeness (QED) is 0.912. The largest absolute Gasteiger partial charge is 0.491 e. The molecule has 1 N–H and O–H groups in total. The zero-order valence-electron chi connectivity index (χ0n) is 12.2. The molecule has 2 aliphatic rings. The molecule has 0 saturated carbocycles. The molecular weight excluding hydrogens is 252 g/mol. The maximum Gasteiger partial charge on any atom is 0.121 e. The van der Waals surface area contributed by atoms with Crippen LogP contribution in [0.5, 0.6) is 5.75 Å². The van der Waals surface area contributed by atoms with Crippen LogP contribution in [0.1, 0.15) is 19.8 Å². The average Bonchev–Trinajstić information content (AvgIpc) is 2.92. The Balaban J connectivity index is 1.56. The molecule has 4 heteroatoms. The number of nitrogens with zero attached hydrogens (tertiary/aromatic N) is 1. The summed E-state index contributed by atoms with van der Waals surface area (Å²) in [6, 6.07) is 8.41. The highest BCUT2D eigenvalue weighted by Gasteiger charge is 2.22. The molecule has 4 nitrogen and oxygen atoms in total. The van der Waals surface area contributed by atoms with Gasteiger partial charge in [-0.2, -0.15) is 0 Å². The highest BCUT2D eigenvalue weighted by molar-refractivity contribution is 5.51. The van der Waals surface area contributed by atoms with E-state index in [1.54, 1.807) is 0 Å². The van der Waals surface area contributed by atoms with Crippen LogP contribution in [0.25, 0.3) is 0 Å². The highest BCUT2D eigenvalue weighted by atomic mass is 16.5. The van der Waals surface area contributed by atoms with Gasteiger partial charge in [0.15, 0.2) is 0 Å². The van der Waals surface area contributed by atoms with Crippen LogP contribution < -0.4 is 15.0 Å². The second kappa shape index (κ2) is 6.46. The molecule has 3 rings (SSSR count). The third-order valence-electron chi connectivity index (χ3n) is 4.06. The lowest BCUT2D eigenvalue weighted by atomic mass is 10.2. The number of rotatable bonds is 4. The monoisotopic (exact) mass is 276 g/mol. The molecule has 0 radical (unpaired) electrons. The number of benzene rings is 1. The van der Waals surface area contributed by atoms with E-state index in [-0.39, 0.29) is 6.10 Å². The van der Waals surface area contributed by atoms with E-state index in [9.17, 15) is 0 Å². The maximum absolute atomic E-state index is 5.90. The standard InChI is InChI=1S/C16H24N2O2/c1-13-5-6-16(20-13)12-19-15-4-2-3-14(11-15)18-9-7-17-8-10-18/h2-4,11,13,16-17H,5-10,12H2,1H3. The minimum absolute atomic E-state index is 0.257. The van der Waals surface area contributed by atoms with Crippen LogP contribution in [0.4, 0.5) is 5.69 Å². The van der Waals surface area contributed by atoms with E-state index in [2.05, 4.69) is 35.3 Å². The molecular formula is C16H24N2O2. The van der Waals surface area contributed by atoms with Crippen molar-refractivity contribution in [1.29, 1.82) is 0 Å². The summed E-state index contributed by atoms with van der Waals surface area (Å²) in [4.78, 5) is 2.40. The molecule has 1 aromatic rings. The minimum Gasteiger partial charge on any atom is -0.491 e. The number of hydrogen-bond donors (Lipinski definition) is 1. The summed E-state index contributed by atoms with van der Waals surface area (Å²) in [6.45, 7) is 7.03. The zero-order chi connectivity index (χ0) is 13.8. The molecule has 0 bridgehead atoms. The second-order valence-electron chi connectivity index (χ2n) is 5.69. The Labute approximate surface area is 121 Å². The average molecular weight is 276 g/mol. The molecule has 2 unspecified atom stereocenters. The first-order chi connectivity index (χ1) is 9.81. The summed E-state index contributed by atoms with van der Waals surface area (Å²) in [5.74, 6) is 0.948. The van der Waals surface area contributed by atoms with E-state index in [4.69, 9.17) is 9.47 Å². The molecule has 2 aliphatic heterocycles. The predicted molar refractivity (Wildman–Crippen MR) is 80.6 cm³/mol. The molecule has 0 amide bonds. The van der Waals surface area contributed by atoms with Crippen molar-refractivity contribution in [1.82, 2.24) is 5.32 Å². The van der Waals surface area contributed by atoms with Crippen molar-refractivity contribution in [3.63, 3.8) is 0 Å². The van der Waals surface area contributed by atoms with Crippen LogP contribution in [-0.2, 0) is 4.74 Å². The van der Waals surface area contributed by atoms with Gasteiger partial charge in [-0.3, -0.25) is 0 Å². The summed E-state index contributed by atoms with van der Waals surface area (Å²) in [7, 11) is 0. The third kappa shape index (κ3) is 3.44. The fraction of sp³-hybridized carbons (Fsp3) is 0.625. The van der Waals surface area contributed by atoms with Gasteiger partial charge in [0.2, 0.25) is 0 Å². The van der Waals surface area contributed by atoms with E-state index in [0.29, 0.717) is 12.7 Å². The summed E-state index contributed by atoms with van der Waals surface area (Å²) >= 11 is 0. The maximum atomic E-state index is 5.90. The van der Waals surface area contributed by atoms with Gasteiger partial charge in [0.25, 0.3) is 0 Å². The van der Waals surface area contributed by atoms with Crippen LogP contribution in [0.3, 0.4) is 0 Å². The number of piperazine rings is 1. The summed E-state index contributed by atoms with van der Waals surface area (Å²) < 4.78 is 11.7. The first-order valence-corrected chi connectivity index (χ1v) is 7.65. The van der Waals surface area contributed by atoms with Crippen molar-refractivity contribution >= 4 is 5.69 Å².